The third-order valence-corrected chi connectivity index (χ3v) is 5.16. The molecule has 9 heteroatoms. The van der Waals surface area contributed by atoms with Crippen LogP contribution in [0.4, 0.5) is 5.69 Å². The van der Waals surface area contributed by atoms with Crippen molar-refractivity contribution in [2.24, 2.45) is 0 Å². The van der Waals surface area contributed by atoms with E-state index in [1.165, 1.54) is 12.1 Å². The van der Waals surface area contributed by atoms with Crippen LogP contribution in [0.5, 0.6) is 0 Å². The van der Waals surface area contributed by atoms with Crippen LogP contribution in [-0.4, -0.2) is 21.9 Å². The Labute approximate surface area is 158 Å². The van der Waals surface area contributed by atoms with Crippen LogP contribution in [0.1, 0.15) is 16.8 Å². The fourth-order valence-electron chi connectivity index (χ4n) is 1.76. The Kier molecular flexibility index (Phi) is 6.30. The first-order valence-corrected chi connectivity index (χ1v) is 8.76. The number of carbonyl (C=O) groups excluding carboxylic acids is 1. The molecular weight excluding hydrogens is 391 g/mol. The van der Waals surface area contributed by atoms with Gasteiger partial charge in [-0.3, -0.25) is 4.79 Å². The Balaban J connectivity index is 2.09. The first-order valence-electron chi connectivity index (χ1n) is 6.64. The van der Waals surface area contributed by atoms with Gasteiger partial charge in [0.1, 0.15) is 11.1 Å². The molecule has 0 bridgehead atoms. The van der Waals surface area contributed by atoms with Gasteiger partial charge in [-0.15, -0.1) is 5.10 Å². The summed E-state index contributed by atoms with van der Waals surface area (Å²) in [7, 11) is 0. The fraction of sp³-hybridized carbons (Fsp3) is 0.200. The minimum Gasteiger partial charge on any atom is -0.324 e. The molecule has 1 aromatic heterocycles. The molecule has 1 heterocycles. The predicted octanol–water partition coefficient (Wildman–Crippen LogP) is 4.66. The lowest BCUT2D eigenvalue weighted by Gasteiger charge is -2.09. The molecule has 0 aliphatic heterocycles. The molecule has 0 saturated heterocycles. The quantitative estimate of drug-likeness (QED) is 0.595. The van der Waals surface area contributed by atoms with Gasteiger partial charge in [0.25, 0.3) is 0 Å². The molecule has 0 aliphatic rings. The molecule has 0 aliphatic carbocycles. The van der Waals surface area contributed by atoms with E-state index in [0.717, 1.165) is 17.3 Å². The van der Waals surface area contributed by atoms with Crippen LogP contribution in [0.2, 0.25) is 15.1 Å². The Hall–Kier alpha value is -1.52. The van der Waals surface area contributed by atoms with Crippen molar-refractivity contribution in [2.75, 3.05) is 11.1 Å². The number of carbonyl (C=O) groups is 1. The summed E-state index contributed by atoms with van der Waals surface area (Å²) in [4.78, 5) is 12.1. The van der Waals surface area contributed by atoms with E-state index >= 15 is 0 Å². The van der Waals surface area contributed by atoms with Gasteiger partial charge in [0.2, 0.25) is 5.91 Å². The zero-order valence-corrected chi connectivity index (χ0v) is 15.7. The Morgan fingerprint density at radius 2 is 1.88 bits per heavy atom. The van der Waals surface area contributed by atoms with Crippen molar-refractivity contribution < 1.29 is 4.79 Å². The summed E-state index contributed by atoms with van der Waals surface area (Å²) in [6.45, 7) is 3.57. The average molecular weight is 402 g/mol. The average Bonchev–Trinajstić information content (AvgIpc) is 2.53. The molecule has 0 saturated carbocycles. The lowest BCUT2D eigenvalue weighted by Crippen LogP contribution is -2.15. The lowest BCUT2D eigenvalue weighted by molar-refractivity contribution is -0.113. The number of anilines is 1. The summed E-state index contributed by atoms with van der Waals surface area (Å²) in [5, 5.41) is 21.1. The molecule has 0 unspecified atom stereocenters. The van der Waals surface area contributed by atoms with Gasteiger partial charge >= 0.3 is 0 Å². The van der Waals surface area contributed by atoms with Crippen molar-refractivity contribution in [2.45, 2.75) is 18.9 Å². The maximum Gasteiger partial charge on any atom is 0.234 e. The number of hydrogen-bond acceptors (Lipinski definition) is 5. The number of halogens is 3. The summed E-state index contributed by atoms with van der Waals surface area (Å²) in [5.74, 6) is -0.271. The number of aryl methyl sites for hydroxylation is 1. The van der Waals surface area contributed by atoms with Crippen LogP contribution in [0, 0.1) is 25.2 Å². The number of nitrogens with one attached hydrogen (secondary N) is 1. The number of hydrogen-bond donors (Lipinski definition) is 1. The Morgan fingerprint density at radius 3 is 2.54 bits per heavy atom. The van der Waals surface area contributed by atoms with Gasteiger partial charge in [-0.05, 0) is 31.5 Å². The lowest BCUT2D eigenvalue weighted by atomic mass is 10.1. The molecule has 5 nitrogen and oxygen atoms in total. The second kappa shape index (κ2) is 8.04. The SMILES string of the molecule is Cc1nnc(SCC(=O)Nc2cc(Cl)c(Cl)cc2Cl)c(C#N)c1C. The van der Waals surface area contributed by atoms with E-state index in [1.807, 2.05) is 0 Å². The van der Waals surface area contributed by atoms with Gasteiger partial charge in [-0.25, -0.2) is 0 Å². The summed E-state index contributed by atoms with van der Waals surface area (Å²) in [5.41, 5.74) is 2.22. The molecule has 1 aromatic carbocycles. The minimum absolute atomic E-state index is 0.0441. The highest BCUT2D eigenvalue weighted by Gasteiger charge is 2.14. The minimum atomic E-state index is -0.316. The molecule has 24 heavy (non-hydrogen) atoms. The van der Waals surface area contributed by atoms with Crippen LogP contribution in [0.25, 0.3) is 0 Å². The van der Waals surface area contributed by atoms with Crippen LogP contribution in [0.3, 0.4) is 0 Å². The van der Waals surface area contributed by atoms with Crippen LogP contribution in [-0.2, 0) is 4.79 Å². The molecule has 0 fully saturated rings. The van der Waals surface area contributed by atoms with Crippen molar-refractivity contribution in [3.8, 4) is 6.07 Å². The predicted molar refractivity (Wildman–Crippen MR) is 97.0 cm³/mol. The highest BCUT2D eigenvalue weighted by molar-refractivity contribution is 8.00. The monoisotopic (exact) mass is 400 g/mol. The van der Waals surface area contributed by atoms with Crippen LogP contribution < -0.4 is 5.32 Å². The summed E-state index contributed by atoms with van der Waals surface area (Å²) in [6.07, 6.45) is 0. The summed E-state index contributed by atoms with van der Waals surface area (Å²) in [6, 6.07) is 5.03. The van der Waals surface area contributed by atoms with E-state index in [0.29, 0.717) is 27.0 Å². The second-order valence-electron chi connectivity index (χ2n) is 4.79. The number of nitrogens with zero attached hydrogens (tertiary/aromatic N) is 3. The Morgan fingerprint density at radius 1 is 1.21 bits per heavy atom. The number of thioether (sulfide) groups is 1. The van der Waals surface area contributed by atoms with E-state index in [9.17, 15) is 10.1 Å². The Bertz CT molecular complexity index is 852. The van der Waals surface area contributed by atoms with E-state index in [1.54, 1.807) is 13.8 Å². The van der Waals surface area contributed by atoms with Crippen LogP contribution >= 0.6 is 46.6 Å². The molecule has 0 spiro atoms. The maximum absolute atomic E-state index is 12.1. The highest BCUT2D eigenvalue weighted by Crippen LogP contribution is 2.32. The topological polar surface area (TPSA) is 78.7 Å². The van der Waals surface area contributed by atoms with E-state index in [2.05, 4.69) is 21.6 Å². The highest BCUT2D eigenvalue weighted by atomic mass is 35.5. The molecule has 124 valence electrons. The number of aromatic nitrogens is 2. The zero-order chi connectivity index (χ0) is 17.9. The molecule has 0 radical (unpaired) electrons. The second-order valence-corrected chi connectivity index (χ2v) is 6.97. The van der Waals surface area contributed by atoms with Gasteiger partial charge in [0.15, 0.2) is 0 Å². The molecule has 1 N–H and O–H groups in total. The van der Waals surface area contributed by atoms with Crippen molar-refractivity contribution >= 4 is 58.2 Å². The van der Waals surface area contributed by atoms with Crippen molar-refractivity contribution in [3.63, 3.8) is 0 Å². The van der Waals surface area contributed by atoms with E-state index in [4.69, 9.17) is 34.8 Å². The molecule has 2 aromatic rings. The number of rotatable bonds is 4. The largest absolute Gasteiger partial charge is 0.324 e. The fourth-order valence-corrected chi connectivity index (χ4v) is 3.13. The molecular formula is C15H11Cl3N4OS. The first kappa shape index (κ1) is 18.8. The van der Waals surface area contributed by atoms with Crippen LogP contribution in [0.15, 0.2) is 17.2 Å². The van der Waals surface area contributed by atoms with E-state index < -0.39 is 0 Å². The number of nitriles is 1. The number of amides is 1. The van der Waals surface area contributed by atoms with Crippen molar-refractivity contribution in [1.29, 1.82) is 5.26 Å². The summed E-state index contributed by atoms with van der Waals surface area (Å²) < 4.78 is 0. The third-order valence-electron chi connectivity index (χ3n) is 3.16. The normalized spacial score (nSPS) is 10.3. The first-order chi connectivity index (χ1) is 11.3. The summed E-state index contributed by atoms with van der Waals surface area (Å²) >= 11 is 18.9. The van der Waals surface area contributed by atoms with Gasteiger partial charge in [-0.1, -0.05) is 46.6 Å². The smallest absolute Gasteiger partial charge is 0.234 e. The molecule has 1 amide bonds. The van der Waals surface area contributed by atoms with Gasteiger partial charge in [0.05, 0.1) is 37.8 Å². The standard InChI is InChI=1S/C15H11Cl3N4OS/c1-7-8(2)21-22-15(9(7)5-19)24-6-14(23)20-13-4-11(17)10(16)3-12(13)18/h3-4H,6H2,1-2H3,(H,20,23). The zero-order valence-electron chi connectivity index (χ0n) is 12.7. The number of benzene rings is 1. The van der Waals surface area contributed by atoms with E-state index in [-0.39, 0.29) is 21.7 Å². The third kappa shape index (κ3) is 4.31. The van der Waals surface area contributed by atoms with Gasteiger partial charge < -0.3 is 5.32 Å². The van der Waals surface area contributed by atoms with Gasteiger partial charge in [0, 0.05) is 0 Å². The van der Waals surface area contributed by atoms with Crippen molar-refractivity contribution in [1.82, 2.24) is 10.2 Å². The molecule has 2 rings (SSSR count). The molecule has 0 atom stereocenters. The van der Waals surface area contributed by atoms with Crippen molar-refractivity contribution in [3.05, 3.63) is 44.0 Å². The van der Waals surface area contributed by atoms with Gasteiger partial charge in [-0.2, -0.15) is 10.4 Å². The maximum atomic E-state index is 12.1.